The molecule has 0 bridgehead atoms. The Morgan fingerprint density at radius 3 is 2.24 bits per heavy atom. The molecule has 0 fully saturated rings. The number of thioether (sulfide) groups is 1. The average Bonchev–Trinajstić information content (AvgIpc) is 3.07. The molecule has 1 heterocycles. The number of fused-ring (bicyclic) bond motifs is 1. The van der Waals surface area contributed by atoms with Crippen LogP contribution in [0.5, 0.6) is 0 Å². The van der Waals surface area contributed by atoms with Crippen LogP contribution in [0.15, 0.2) is 108 Å². The average molecular weight is 653 g/mol. The summed E-state index contributed by atoms with van der Waals surface area (Å²) in [6.45, 7) is 3.85. The molecule has 0 aliphatic carbocycles. The van der Waals surface area contributed by atoms with Crippen LogP contribution in [0.25, 0.3) is 22.0 Å². The van der Waals surface area contributed by atoms with E-state index in [-0.39, 0.29) is 5.91 Å². The molecule has 1 amide bonds. The van der Waals surface area contributed by atoms with Crippen LogP contribution in [-0.4, -0.2) is 51.4 Å². The third kappa shape index (κ3) is 6.85. The van der Waals surface area contributed by atoms with Gasteiger partial charge in [0.25, 0.3) is 5.91 Å². The van der Waals surface area contributed by atoms with Crippen molar-refractivity contribution in [2.75, 3.05) is 31.1 Å². The molecule has 0 N–H and O–H groups in total. The Balaban J connectivity index is 1.49. The quantitative estimate of drug-likeness (QED) is 0.113. The molecule has 1 aromatic heterocycles. The Kier molecular flexibility index (Phi) is 9.65. The second-order valence-electron chi connectivity index (χ2n) is 11.6. The molecule has 46 heavy (non-hydrogen) atoms. The lowest BCUT2D eigenvalue weighted by Crippen LogP contribution is -2.33. The second kappa shape index (κ2) is 13.5. The number of esters is 1. The fraction of sp³-hybridized carbons (Fsp3) is 0.216. The van der Waals surface area contributed by atoms with Gasteiger partial charge < -0.3 is 9.64 Å². The van der Waals surface area contributed by atoms with E-state index in [0.29, 0.717) is 29.7 Å². The number of ether oxygens (including phenoxy) is 1. The lowest BCUT2D eigenvalue weighted by Gasteiger charge is -2.25. The molecule has 4 aromatic carbocycles. The van der Waals surface area contributed by atoms with Crippen molar-refractivity contribution in [1.82, 2.24) is 4.98 Å². The summed E-state index contributed by atoms with van der Waals surface area (Å²) in [6, 6.07) is 30.0. The summed E-state index contributed by atoms with van der Waals surface area (Å²) in [4.78, 5) is 33.3. The van der Waals surface area contributed by atoms with Gasteiger partial charge in [-0.1, -0.05) is 30.3 Å². The first kappa shape index (κ1) is 32.9. The minimum absolute atomic E-state index is 0.185. The smallest absolute Gasteiger partial charge is 0.337 e. The van der Waals surface area contributed by atoms with E-state index in [9.17, 15) is 18.0 Å². The van der Waals surface area contributed by atoms with Gasteiger partial charge in [-0.2, -0.15) is 0 Å². The lowest BCUT2D eigenvalue weighted by atomic mass is 9.92. The van der Waals surface area contributed by atoms with E-state index >= 15 is 0 Å². The molecule has 0 radical (unpaired) electrons. The van der Waals surface area contributed by atoms with Crippen LogP contribution in [0.1, 0.15) is 45.7 Å². The molecule has 0 aliphatic rings. The first-order valence-corrected chi connectivity index (χ1v) is 17.9. The van der Waals surface area contributed by atoms with Crippen molar-refractivity contribution < 1.29 is 22.7 Å². The molecule has 7 nitrogen and oxygen atoms in total. The molecule has 5 rings (SSSR count). The fourth-order valence-electron chi connectivity index (χ4n) is 5.24. The number of methoxy groups -OCH3 is 1. The molecule has 5 aromatic rings. The number of rotatable bonds is 10. The van der Waals surface area contributed by atoms with E-state index in [1.807, 2.05) is 73.0 Å². The van der Waals surface area contributed by atoms with E-state index < -0.39 is 20.6 Å². The highest BCUT2D eigenvalue weighted by molar-refractivity contribution is 7.98. The zero-order valence-electron chi connectivity index (χ0n) is 26.5. The minimum atomic E-state index is -3.40. The van der Waals surface area contributed by atoms with Crippen LogP contribution < -0.4 is 4.90 Å². The van der Waals surface area contributed by atoms with Crippen molar-refractivity contribution in [3.8, 4) is 11.1 Å². The monoisotopic (exact) mass is 652 g/mol. The highest BCUT2D eigenvalue weighted by Crippen LogP contribution is 2.36. The zero-order chi connectivity index (χ0) is 33.1. The Hall–Kier alpha value is -4.47. The van der Waals surface area contributed by atoms with Crippen LogP contribution in [0.2, 0.25) is 0 Å². The molecule has 0 unspecified atom stereocenters. The van der Waals surface area contributed by atoms with E-state index in [1.165, 1.54) is 13.4 Å². The Morgan fingerprint density at radius 2 is 1.59 bits per heavy atom. The Bertz CT molecular complexity index is 2000. The van der Waals surface area contributed by atoms with Crippen molar-refractivity contribution in [2.45, 2.75) is 29.9 Å². The van der Waals surface area contributed by atoms with Gasteiger partial charge in [-0.25, -0.2) is 13.2 Å². The third-order valence-corrected chi connectivity index (χ3v) is 11.2. The summed E-state index contributed by atoms with van der Waals surface area (Å²) in [5, 5.41) is 0.862. The van der Waals surface area contributed by atoms with Gasteiger partial charge >= 0.3 is 5.97 Å². The first-order valence-electron chi connectivity index (χ1n) is 14.8. The summed E-state index contributed by atoms with van der Waals surface area (Å²) < 4.78 is 29.2. The van der Waals surface area contributed by atoms with Gasteiger partial charge in [0, 0.05) is 46.1 Å². The van der Waals surface area contributed by atoms with Gasteiger partial charge in [0.2, 0.25) is 0 Å². The van der Waals surface area contributed by atoms with Gasteiger partial charge in [-0.05, 0) is 110 Å². The number of carbonyl (C=O) groups is 2. The highest BCUT2D eigenvalue weighted by atomic mass is 32.2. The van der Waals surface area contributed by atoms with E-state index in [1.54, 1.807) is 61.0 Å². The maximum Gasteiger partial charge on any atom is 0.337 e. The van der Waals surface area contributed by atoms with Gasteiger partial charge in [-0.15, -0.1) is 11.8 Å². The zero-order valence-corrected chi connectivity index (χ0v) is 28.1. The number of hydrogen-bond acceptors (Lipinski definition) is 7. The number of sulfone groups is 1. The Morgan fingerprint density at radius 1 is 0.891 bits per heavy atom. The standard InChI is InChI=1S/C37H36N2O5S2/c1-37(2,46(5,42)43)30-23-29-10-7-20-38-34(29)33(24-30)28-9-6-8-25(22-28)19-21-39(31-15-17-32(45-4)18-16-31)35(40)26-11-13-27(14-12-26)36(41)44-3/h6-18,20,22-24H,19,21H2,1-5H3. The van der Waals surface area contributed by atoms with Crippen molar-refractivity contribution in [1.29, 1.82) is 0 Å². The number of aromatic nitrogens is 1. The molecular weight excluding hydrogens is 617 g/mol. The summed E-state index contributed by atoms with van der Waals surface area (Å²) in [7, 11) is -2.08. The molecule has 9 heteroatoms. The van der Waals surface area contributed by atoms with E-state index in [0.717, 1.165) is 38.2 Å². The summed E-state index contributed by atoms with van der Waals surface area (Å²) in [5.41, 5.74) is 5.84. The van der Waals surface area contributed by atoms with Gasteiger partial charge in [-0.3, -0.25) is 9.78 Å². The Labute approximate surface area is 274 Å². The highest BCUT2D eigenvalue weighted by Gasteiger charge is 2.33. The predicted octanol–water partition coefficient (Wildman–Crippen LogP) is 7.58. The predicted molar refractivity (Wildman–Crippen MR) is 186 cm³/mol. The largest absolute Gasteiger partial charge is 0.465 e. The molecule has 0 aliphatic heterocycles. The maximum absolute atomic E-state index is 13.9. The van der Waals surface area contributed by atoms with Crippen LogP contribution in [0, 0.1) is 0 Å². The van der Waals surface area contributed by atoms with Gasteiger partial charge in [0.1, 0.15) is 0 Å². The van der Waals surface area contributed by atoms with Crippen LogP contribution in [0.4, 0.5) is 5.69 Å². The molecular formula is C37H36N2O5S2. The number of carbonyl (C=O) groups excluding carboxylic acids is 2. The number of anilines is 1. The van der Waals surface area contributed by atoms with Crippen molar-refractivity contribution in [3.05, 3.63) is 126 Å². The molecule has 0 saturated heterocycles. The topological polar surface area (TPSA) is 93.6 Å². The van der Waals surface area contributed by atoms with Crippen LogP contribution >= 0.6 is 11.8 Å². The SMILES string of the molecule is COC(=O)c1ccc(C(=O)N(CCc2cccc(-c3cc(C(C)(C)S(C)(=O)=O)cc4cccnc34)c2)c2ccc(SC)cc2)cc1. The van der Waals surface area contributed by atoms with Gasteiger partial charge in [0.15, 0.2) is 9.84 Å². The second-order valence-corrected chi connectivity index (χ2v) is 15.0. The lowest BCUT2D eigenvalue weighted by molar-refractivity contribution is 0.0600. The number of pyridine rings is 1. The summed E-state index contributed by atoms with van der Waals surface area (Å²) in [5.74, 6) is -0.646. The van der Waals surface area contributed by atoms with Crippen molar-refractivity contribution in [2.24, 2.45) is 0 Å². The first-order chi connectivity index (χ1) is 21.9. The number of amides is 1. The number of benzene rings is 4. The summed E-state index contributed by atoms with van der Waals surface area (Å²) >= 11 is 1.63. The van der Waals surface area contributed by atoms with E-state index in [4.69, 9.17) is 4.74 Å². The fourth-order valence-corrected chi connectivity index (χ4v) is 6.20. The minimum Gasteiger partial charge on any atom is -0.465 e. The van der Waals surface area contributed by atoms with Crippen LogP contribution in [0.3, 0.4) is 0 Å². The third-order valence-electron chi connectivity index (χ3n) is 8.37. The number of hydrogen-bond donors (Lipinski definition) is 0. The normalized spacial score (nSPS) is 11.8. The number of nitrogens with zero attached hydrogens (tertiary/aromatic N) is 2. The van der Waals surface area contributed by atoms with Crippen molar-refractivity contribution >= 4 is 50.1 Å². The summed E-state index contributed by atoms with van der Waals surface area (Å²) in [6.07, 6.45) is 5.56. The molecule has 0 atom stereocenters. The molecule has 0 spiro atoms. The van der Waals surface area contributed by atoms with E-state index in [2.05, 4.69) is 11.1 Å². The maximum atomic E-state index is 13.9. The van der Waals surface area contributed by atoms with Crippen molar-refractivity contribution in [3.63, 3.8) is 0 Å². The van der Waals surface area contributed by atoms with Crippen LogP contribution in [-0.2, 0) is 25.7 Å². The molecule has 236 valence electrons. The molecule has 0 saturated carbocycles. The van der Waals surface area contributed by atoms with Gasteiger partial charge in [0.05, 0.1) is 22.9 Å².